The topological polar surface area (TPSA) is 100 Å². The van der Waals surface area contributed by atoms with Crippen LogP contribution in [0.3, 0.4) is 0 Å². The summed E-state index contributed by atoms with van der Waals surface area (Å²) >= 11 is 6.49. The summed E-state index contributed by atoms with van der Waals surface area (Å²) in [6.45, 7) is 5.45. The quantitative estimate of drug-likeness (QED) is 0.450. The summed E-state index contributed by atoms with van der Waals surface area (Å²) in [4.78, 5) is 16.2. The Hall–Kier alpha value is -2.88. The van der Waals surface area contributed by atoms with Gasteiger partial charge in [-0.25, -0.2) is 15.0 Å². The lowest BCUT2D eigenvalue weighted by Crippen LogP contribution is -2.30. The molecule has 8 nitrogen and oxygen atoms in total. The van der Waals surface area contributed by atoms with Crippen molar-refractivity contribution in [2.24, 2.45) is 0 Å². The van der Waals surface area contributed by atoms with Gasteiger partial charge in [0.05, 0.1) is 22.8 Å². The largest absolute Gasteiger partial charge is 0.490 e. The second-order valence-corrected chi connectivity index (χ2v) is 8.56. The van der Waals surface area contributed by atoms with Crippen LogP contribution in [0, 0.1) is 6.92 Å². The number of imidazole rings is 1. The number of hydrogen-bond acceptors (Lipinski definition) is 7. The first kappa shape index (κ1) is 21.0. The Morgan fingerprint density at radius 1 is 1.22 bits per heavy atom. The molecular formula is C22H23BClN5O3. The van der Waals surface area contributed by atoms with Crippen molar-refractivity contribution in [3.05, 3.63) is 53.3 Å². The third-order valence-corrected chi connectivity index (χ3v) is 6.40. The first-order chi connectivity index (χ1) is 15.4. The minimum absolute atomic E-state index is 0.212. The fourth-order valence-corrected chi connectivity index (χ4v) is 4.66. The normalized spacial score (nSPS) is 16.3. The van der Waals surface area contributed by atoms with Gasteiger partial charge in [0.1, 0.15) is 23.4 Å². The molecule has 1 fully saturated rings. The van der Waals surface area contributed by atoms with Crippen molar-refractivity contribution in [3.8, 4) is 11.4 Å². The van der Waals surface area contributed by atoms with E-state index in [1.165, 1.54) is 12.8 Å². The van der Waals surface area contributed by atoms with Gasteiger partial charge < -0.3 is 23.9 Å². The lowest BCUT2D eigenvalue weighted by atomic mass is 9.80. The number of oxazole rings is 1. The van der Waals surface area contributed by atoms with Crippen molar-refractivity contribution < 1.29 is 14.5 Å². The predicted molar refractivity (Wildman–Crippen MR) is 124 cm³/mol. The van der Waals surface area contributed by atoms with E-state index >= 15 is 0 Å². The number of rotatable bonds is 5. The molecule has 0 radical (unpaired) electrons. The summed E-state index contributed by atoms with van der Waals surface area (Å²) in [7, 11) is -1.68. The number of benzene rings is 1. The molecule has 32 heavy (non-hydrogen) atoms. The summed E-state index contributed by atoms with van der Waals surface area (Å²) in [6, 6.07) is 7.89. The van der Waals surface area contributed by atoms with Crippen molar-refractivity contribution in [2.75, 3.05) is 11.4 Å². The van der Waals surface area contributed by atoms with Crippen LogP contribution in [0.4, 0.5) is 5.82 Å². The lowest BCUT2D eigenvalue weighted by Gasteiger charge is -2.22. The van der Waals surface area contributed by atoms with E-state index in [-0.39, 0.29) is 10.5 Å². The van der Waals surface area contributed by atoms with Crippen LogP contribution in [0.2, 0.25) is 5.02 Å². The van der Waals surface area contributed by atoms with E-state index in [1.54, 1.807) is 25.3 Å². The summed E-state index contributed by atoms with van der Waals surface area (Å²) in [5, 5.41) is 19.5. The maximum atomic E-state index is 9.65. The fraction of sp³-hybridized carbons (Fsp3) is 0.318. The van der Waals surface area contributed by atoms with Gasteiger partial charge in [0, 0.05) is 36.7 Å². The SMILES string of the molecule is Cc1nc(Cn2c(-c3ccc(N4CCC[C@@H]4C)nc3)nc3c(Cl)c(B(O)O)ccc32)co1. The molecule has 164 valence electrons. The van der Waals surface area contributed by atoms with Crippen molar-refractivity contribution in [1.29, 1.82) is 0 Å². The smallest absolute Gasteiger partial charge is 0.449 e. The highest BCUT2D eigenvalue weighted by molar-refractivity contribution is 6.63. The minimum atomic E-state index is -1.68. The Bertz CT molecular complexity index is 1270. The van der Waals surface area contributed by atoms with Crippen LogP contribution >= 0.6 is 11.6 Å². The molecule has 10 heteroatoms. The molecule has 1 aliphatic rings. The van der Waals surface area contributed by atoms with Gasteiger partial charge in [-0.15, -0.1) is 0 Å². The Balaban J connectivity index is 1.62. The number of hydrogen-bond donors (Lipinski definition) is 2. The molecule has 1 aromatic carbocycles. The molecule has 1 atom stereocenters. The van der Waals surface area contributed by atoms with Gasteiger partial charge in [0.25, 0.3) is 0 Å². The van der Waals surface area contributed by atoms with Gasteiger partial charge >= 0.3 is 7.12 Å². The first-order valence-corrected chi connectivity index (χ1v) is 11.0. The molecule has 0 unspecified atom stereocenters. The molecule has 2 N–H and O–H groups in total. The molecule has 0 spiro atoms. The maximum Gasteiger partial charge on any atom is 0.490 e. The average molecular weight is 452 g/mol. The van der Waals surface area contributed by atoms with Crippen LogP contribution < -0.4 is 10.4 Å². The molecule has 1 saturated heterocycles. The zero-order valence-corrected chi connectivity index (χ0v) is 18.6. The van der Waals surface area contributed by atoms with Gasteiger partial charge in [0.2, 0.25) is 0 Å². The number of fused-ring (bicyclic) bond motifs is 1. The Morgan fingerprint density at radius 3 is 2.69 bits per heavy atom. The summed E-state index contributed by atoms with van der Waals surface area (Å²) in [5.41, 5.74) is 3.04. The van der Waals surface area contributed by atoms with E-state index in [2.05, 4.69) is 16.8 Å². The standard InChI is InChI=1S/C22H23BClN5O3/c1-13-4-3-9-28(13)19-8-5-15(10-25-19)22-27-21-18(7-6-17(20(21)24)23(30)31)29(22)11-16-12-32-14(2)26-16/h5-8,10,12-13,30-31H,3-4,9,11H2,1-2H3/t13-/m0/s1. The monoisotopic (exact) mass is 451 g/mol. The number of nitrogens with zero attached hydrogens (tertiary/aromatic N) is 5. The van der Waals surface area contributed by atoms with E-state index in [1.807, 2.05) is 22.9 Å². The highest BCUT2D eigenvalue weighted by Gasteiger charge is 2.24. The van der Waals surface area contributed by atoms with Crippen molar-refractivity contribution in [2.45, 2.75) is 39.3 Å². The summed E-state index contributed by atoms with van der Waals surface area (Å²) in [5.74, 6) is 2.21. The molecule has 4 aromatic rings. The number of halogens is 1. The van der Waals surface area contributed by atoms with Crippen LogP contribution in [-0.2, 0) is 6.54 Å². The molecule has 0 amide bonds. The molecule has 1 aliphatic heterocycles. The Labute approximate surface area is 190 Å². The van der Waals surface area contributed by atoms with Gasteiger partial charge in [0.15, 0.2) is 5.89 Å². The molecule has 5 rings (SSSR count). The zero-order chi connectivity index (χ0) is 22.4. The van der Waals surface area contributed by atoms with Crippen molar-refractivity contribution in [1.82, 2.24) is 19.5 Å². The summed E-state index contributed by atoms with van der Waals surface area (Å²) < 4.78 is 7.36. The van der Waals surface area contributed by atoms with Gasteiger partial charge in [-0.1, -0.05) is 17.7 Å². The summed E-state index contributed by atoms with van der Waals surface area (Å²) in [6.07, 6.45) is 5.79. The van der Waals surface area contributed by atoms with E-state index < -0.39 is 7.12 Å². The average Bonchev–Trinajstić information content (AvgIpc) is 3.48. The van der Waals surface area contributed by atoms with E-state index in [0.717, 1.165) is 29.1 Å². The van der Waals surface area contributed by atoms with E-state index in [4.69, 9.17) is 26.0 Å². The molecular weight excluding hydrogens is 429 g/mol. The maximum absolute atomic E-state index is 9.65. The highest BCUT2D eigenvalue weighted by Crippen LogP contribution is 2.31. The molecule has 0 bridgehead atoms. The third-order valence-electron chi connectivity index (χ3n) is 6.01. The fourth-order valence-electron chi connectivity index (χ4n) is 4.36. The highest BCUT2D eigenvalue weighted by atomic mass is 35.5. The van der Waals surface area contributed by atoms with Crippen LogP contribution in [0.25, 0.3) is 22.4 Å². The molecule has 0 aliphatic carbocycles. The van der Waals surface area contributed by atoms with Crippen LogP contribution in [0.1, 0.15) is 31.4 Å². The predicted octanol–water partition coefficient (Wildman–Crippen LogP) is 2.76. The number of pyridine rings is 1. The van der Waals surface area contributed by atoms with Crippen molar-refractivity contribution >= 4 is 41.0 Å². The number of anilines is 1. The second kappa shape index (κ2) is 8.24. The zero-order valence-electron chi connectivity index (χ0n) is 17.9. The van der Waals surface area contributed by atoms with Gasteiger partial charge in [-0.05, 0) is 38.0 Å². The van der Waals surface area contributed by atoms with Crippen LogP contribution in [0.5, 0.6) is 0 Å². The molecule has 0 saturated carbocycles. The van der Waals surface area contributed by atoms with E-state index in [9.17, 15) is 10.0 Å². The van der Waals surface area contributed by atoms with Gasteiger partial charge in [-0.2, -0.15) is 0 Å². The Kier molecular flexibility index (Phi) is 5.40. The Morgan fingerprint density at radius 2 is 2.06 bits per heavy atom. The van der Waals surface area contributed by atoms with Crippen LogP contribution in [0.15, 0.2) is 41.1 Å². The minimum Gasteiger partial charge on any atom is -0.449 e. The number of aryl methyl sites for hydroxylation is 1. The van der Waals surface area contributed by atoms with Crippen LogP contribution in [-0.4, -0.2) is 49.3 Å². The second-order valence-electron chi connectivity index (χ2n) is 8.18. The molecule has 4 heterocycles. The van der Waals surface area contributed by atoms with Crippen molar-refractivity contribution in [3.63, 3.8) is 0 Å². The molecule has 3 aromatic heterocycles. The number of aromatic nitrogens is 4. The first-order valence-electron chi connectivity index (χ1n) is 10.6. The lowest BCUT2D eigenvalue weighted by molar-refractivity contribution is 0.426. The van der Waals surface area contributed by atoms with E-state index in [0.29, 0.717) is 29.8 Å². The third kappa shape index (κ3) is 3.66. The van der Waals surface area contributed by atoms with Gasteiger partial charge in [-0.3, -0.25) is 0 Å².